The van der Waals surface area contributed by atoms with Gasteiger partial charge >= 0.3 is 0 Å². The fourth-order valence-electron chi connectivity index (χ4n) is 3.80. The molecule has 3 aromatic rings. The molecule has 9 nitrogen and oxygen atoms in total. The molecule has 0 aliphatic carbocycles. The van der Waals surface area contributed by atoms with Crippen LogP contribution in [-0.4, -0.2) is 58.8 Å². The zero-order valence-electron chi connectivity index (χ0n) is 17.9. The Morgan fingerprint density at radius 1 is 1.16 bits per heavy atom. The Morgan fingerprint density at radius 3 is 2.59 bits per heavy atom. The Bertz CT molecular complexity index is 1100. The van der Waals surface area contributed by atoms with Crippen LogP contribution in [0.2, 0.25) is 0 Å². The number of carbonyl (C=O) groups is 1. The van der Waals surface area contributed by atoms with E-state index in [2.05, 4.69) is 15.3 Å². The van der Waals surface area contributed by atoms with Gasteiger partial charge in [-0.1, -0.05) is 12.1 Å². The van der Waals surface area contributed by atoms with Gasteiger partial charge in [-0.05, 0) is 56.3 Å². The molecule has 1 aliphatic heterocycles. The first-order valence-electron chi connectivity index (χ1n) is 10.5. The lowest BCUT2D eigenvalue weighted by molar-refractivity contribution is -0.384. The zero-order chi connectivity index (χ0) is 22.5. The Labute approximate surface area is 185 Å². The van der Waals surface area contributed by atoms with Crippen molar-refractivity contribution >= 4 is 11.6 Å². The summed E-state index contributed by atoms with van der Waals surface area (Å²) >= 11 is 0. The number of hydrogen-bond donors (Lipinski definition) is 1. The molecule has 0 spiro atoms. The van der Waals surface area contributed by atoms with Crippen molar-refractivity contribution < 1.29 is 14.5 Å². The standard InChI is InChI=1S/C23H25N5O4/c1-32-20-6-4-5-17(15-20)21-16-22(23(29)24-11-14-26-12-2-3-13-26)27(25-21)18-7-9-19(10-8-18)28(30)31/h4-10,15-16H,2-3,11-14H2,1H3,(H,24,29). The number of non-ortho nitro benzene ring substituents is 1. The molecule has 0 atom stereocenters. The highest BCUT2D eigenvalue weighted by Gasteiger charge is 2.19. The second kappa shape index (κ2) is 9.61. The Balaban J connectivity index is 1.63. The molecule has 9 heteroatoms. The van der Waals surface area contributed by atoms with E-state index in [1.165, 1.54) is 29.7 Å². The maximum Gasteiger partial charge on any atom is 0.270 e. The normalized spacial score (nSPS) is 13.8. The molecule has 166 valence electrons. The molecule has 1 aromatic heterocycles. The summed E-state index contributed by atoms with van der Waals surface area (Å²) in [4.78, 5) is 25.9. The van der Waals surface area contributed by atoms with Crippen LogP contribution in [0.3, 0.4) is 0 Å². The van der Waals surface area contributed by atoms with E-state index in [0.717, 1.165) is 25.2 Å². The van der Waals surface area contributed by atoms with Crippen molar-refractivity contribution in [1.29, 1.82) is 0 Å². The van der Waals surface area contributed by atoms with Gasteiger partial charge in [-0.25, -0.2) is 4.68 Å². The minimum atomic E-state index is -0.458. The molecule has 2 aromatic carbocycles. The summed E-state index contributed by atoms with van der Waals surface area (Å²) in [6, 6.07) is 15.1. The largest absolute Gasteiger partial charge is 0.497 e. The van der Waals surface area contributed by atoms with E-state index in [0.29, 0.717) is 29.4 Å². The third-order valence-corrected chi connectivity index (χ3v) is 5.52. The van der Waals surface area contributed by atoms with Crippen LogP contribution in [-0.2, 0) is 0 Å². The summed E-state index contributed by atoms with van der Waals surface area (Å²) in [5.41, 5.74) is 2.31. The van der Waals surface area contributed by atoms with Crippen LogP contribution in [0, 0.1) is 10.1 Å². The molecule has 1 fully saturated rings. The number of ether oxygens (including phenoxy) is 1. The summed E-state index contributed by atoms with van der Waals surface area (Å²) in [5, 5.41) is 18.6. The Kier molecular flexibility index (Phi) is 6.46. The van der Waals surface area contributed by atoms with Crippen LogP contribution in [0.25, 0.3) is 16.9 Å². The van der Waals surface area contributed by atoms with Gasteiger partial charge in [0.15, 0.2) is 0 Å². The third kappa shape index (κ3) is 4.78. The molecule has 0 radical (unpaired) electrons. The molecule has 2 heterocycles. The van der Waals surface area contributed by atoms with E-state index in [1.54, 1.807) is 25.3 Å². The number of hydrogen-bond acceptors (Lipinski definition) is 6. The first-order valence-corrected chi connectivity index (χ1v) is 10.5. The van der Waals surface area contributed by atoms with Crippen LogP contribution in [0.4, 0.5) is 5.69 Å². The first kappa shape index (κ1) is 21.5. The highest BCUT2D eigenvalue weighted by molar-refractivity contribution is 5.94. The number of amides is 1. The van der Waals surface area contributed by atoms with Crippen LogP contribution >= 0.6 is 0 Å². The first-order chi connectivity index (χ1) is 15.5. The number of methoxy groups -OCH3 is 1. The second-order valence-electron chi connectivity index (χ2n) is 7.64. The van der Waals surface area contributed by atoms with Crippen molar-refractivity contribution in [3.8, 4) is 22.7 Å². The van der Waals surface area contributed by atoms with Crippen molar-refractivity contribution in [2.75, 3.05) is 33.3 Å². The topological polar surface area (TPSA) is 103 Å². The maximum atomic E-state index is 13.0. The molecule has 0 bridgehead atoms. The molecule has 1 N–H and O–H groups in total. The molecule has 4 rings (SSSR count). The van der Waals surface area contributed by atoms with Crippen LogP contribution in [0.5, 0.6) is 5.75 Å². The smallest absolute Gasteiger partial charge is 0.270 e. The fourth-order valence-corrected chi connectivity index (χ4v) is 3.80. The molecule has 1 amide bonds. The Morgan fingerprint density at radius 2 is 1.91 bits per heavy atom. The van der Waals surface area contributed by atoms with Gasteiger partial charge in [0.05, 0.1) is 23.4 Å². The number of likely N-dealkylation sites (tertiary alicyclic amines) is 1. The third-order valence-electron chi connectivity index (χ3n) is 5.52. The second-order valence-corrected chi connectivity index (χ2v) is 7.64. The van der Waals surface area contributed by atoms with Gasteiger partial charge in [0.1, 0.15) is 11.4 Å². The summed E-state index contributed by atoms with van der Waals surface area (Å²) in [5.74, 6) is 0.438. The van der Waals surface area contributed by atoms with E-state index < -0.39 is 4.92 Å². The summed E-state index contributed by atoms with van der Waals surface area (Å²) in [7, 11) is 1.59. The number of nitrogens with zero attached hydrogens (tertiary/aromatic N) is 4. The quantitative estimate of drug-likeness (QED) is 0.430. The van der Waals surface area contributed by atoms with Crippen molar-refractivity contribution in [2.24, 2.45) is 0 Å². The average Bonchev–Trinajstić information content (AvgIpc) is 3.49. The molecule has 1 saturated heterocycles. The van der Waals surface area contributed by atoms with Crippen LogP contribution in [0.15, 0.2) is 54.6 Å². The number of aromatic nitrogens is 2. The number of benzene rings is 2. The lowest BCUT2D eigenvalue weighted by atomic mass is 10.1. The van der Waals surface area contributed by atoms with Gasteiger partial charge in [-0.3, -0.25) is 14.9 Å². The van der Waals surface area contributed by atoms with E-state index in [9.17, 15) is 14.9 Å². The number of carbonyl (C=O) groups excluding carboxylic acids is 1. The lowest BCUT2D eigenvalue weighted by Gasteiger charge is -2.15. The minimum Gasteiger partial charge on any atom is -0.497 e. The highest BCUT2D eigenvalue weighted by atomic mass is 16.6. The zero-order valence-corrected chi connectivity index (χ0v) is 17.9. The predicted molar refractivity (Wildman–Crippen MR) is 120 cm³/mol. The van der Waals surface area contributed by atoms with Crippen molar-refractivity contribution in [1.82, 2.24) is 20.0 Å². The number of nitro benzene ring substituents is 1. The number of rotatable bonds is 8. The van der Waals surface area contributed by atoms with Crippen molar-refractivity contribution in [3.05, 3.63) is 70.4 Å². The van der Waals surface area contributed by atoms with Gasteiger partial charge in [-0.15, -0.1) is 0 Å². The average molecular weight is 435 g/mol. The maximum absolute atomic E-state index is 13.0. The van der Waals surface area contributed by atoms with Crippen LogP contribution in [0.1, 0.15) is 23.3 Å². The highest BCUT2D eigenvalue weighted by Crippen LogP contribution is 2.26. The molecular formula is C23H25N5O4. The van der Waals surface area contributed by atoms with Gasteiger partial charge in [0, 0.05) is 30.8 Å². The number of nitro groups is 1. The van der Waals surface area contributed by atoms with Gasteiger partial charge in [0.25, 0.3) is 11.6 Å². The van der Waals surface area contributed by atoms with Gasteiger partial charge in [-0.2, -0.15) is 5.10 Å². The predicted octanol–water partition coefficient (Wildman–Crippen LogP) is 3.28. The van der Waals surface area contributed by atoms with E-state index in [1.807, 2.05) is 24.3 Å². The van der Waals surface area contributed by atoms with Crippen molar-refractivity contribution in [2.45, 2.75) is 12.8 Å². The molecule has 32 heavy (non-hydrogen) atoms. The number of nitrogens with one attached hydrogen (secondary N) is 1. The van der Waals surface area contributed by atoms with E-state index in [-0.39, 0.29) is 11.6 Å². The van der Waals surface area contributed by atoms with Gasteiger partial charge < -0.3 is 15.0 Å². The minimum absolute atomic E-state index is 0.0226. The Hall–Kier alpha value is -3.72. The molecule has 1 aliphatic rings. The summed E-state index contributed by atoms with van der Waals surface area (Å²) in [6.45, 7) is 3.48. The van der Waals surface area contributed by atoms with Crippen molar-refractivity contribution in [3.63, 3.8) is 0 Å². The summed E-state index contributed by atoms with van der Waals surface area (Å²) < 4.78 is 6.82. The summed E-state index contributed by atoms with van der Waals surface area (Å²) in [6.07, 6.45) is 2.40. The van der Waals surface area contributed by atoms with E-state index >= 15 is 0 Å². The van der Waals surface area contributed by atoms with Gasteiger partial charge in [0.2, 0.25) is 0 Å². The van der Waals surface area contributed by atoms with Crippen LogP contribution < -0.4 is 10.1 Å². The van der Waals surface area contributed by atoms with E-state index in [4.69, 9.17) is 4.74 Å². The molecule has 0 unspecified atom stereocenters. The molecular weight excluding hydrogens is 410 g/mol. The monoisotopic (exact) mass is 435 g/mol. The lowest BCUT2D eigenvalue weighted by Crippen LogP contribution is -2.34. The molecule has 0 saturated carbocycles. The SMILES string of the molecule is COc1cccc(-c2cc(C(=O)NCCN3CCCC3)n(-c3ccc([N+](=O)[O-])cc3)n2)c1. The fraction of sp³-hybridized carbons (Fsp3) is 0.304.